The number of hydrogen-bond donors (Lipinski definition) is 2. The van der Waals surface area contributed by atoms with Crippen molar-refractivity contribution in [3.63, 3.8) is 0 Å². The zero-order valence-corrected chi connectivity index (χ0v) is 13.9. The molecule has 23 heavy (non-hydrogen) atoms. The normalized spacial score (nSPS) is 14.7. The highest BCUT2D eigenvalue weighted by atomic mass is 35.5. The second-order valence-corrected chi connectivity index (χ2v) is 6.03. The Morgan fingerprint density at radius 2 is 1.91 bits per heavy atom. The molecule has 1 aliphatic heterocycles. The van der Waals surface area contributed by atoms with Crippen molar-refractivity contribution in [3.05, 3.63) is 29.3 Å². The summed E-state index contributed by atoms with van der Waals surface area (Å²) in [7, 11) is 0. The van der Waals surface area contributed by atoms with Crippen molar-refractivity contribution >= 4 is 29.2 Å². The number of unbranched alkanes of at least 4 members (excludes halogenated alkanes) is 1. The van der Waals surface area contributed by atoms with Crippen LogP contribution < -0.4 is 16.0 Å². The van der Waals surface area contributed by atoms with Crippen LogP contribution in [0.2, 0.25) is 5.02 Å². The quantitative estimate of drug-likeness (QED) is 0.777. The maximum atomic E-state index is 12.2. The number of carbonyl (C=O) groups excluding carboxylic acids is 2. The lowest BCUT2D eigenvalue weighted by atomic mass is 10.2. The van der Waals surface area contributed by atoms with Crippen molar-refractivity contribution in [1.29, 1.82) is 0 Å². The van der Waals surface area contributed by atoms with Gasteiger partial charge in [0.05, 0.1) is 0 Å². The van der Waals surface area contributed by atoms with Crippen LogP contribution >= 0.6 is 11.6 Å². The minimum absolute atomic E-state index is 0.176. The van der Waals surface area contributed by atoms with Gasteiger partial charge in [-0.1, -0.05) is 17.7 Å². The predicted molar refractivity (Wildman–Crippen MR) is 91.7 cm³/mol. The number of anilines is 1. The van der Waals surface area contributed by atoms with E-state index in [1.165, 1.54) is 0 Å². The largest absolute Gasteiger partial charge is 0.368 e. The van der Waals surface area contributed by atoms with Gasteiger partial charge in [-0.2, -0.15) is 0 Å². The molecule has 3 N–H and O–H groups in total. The molecule has 0 atom stereocenters. The predicted octanol–water partition coefficient (Wildman–Crippen LogP) is 1.83. The van der Waals surface area contributed by atoms with Gasteiger partial charge in [0.2, 0.25) is 5.91 Å². The van der Waals surface area contributed by atoms with E-state index in [2.05, 4.69) is 10.2 Å². The van der Waals surface area contributed by atoms with Crippen molar-refractivity contribution in [3.8, 4) is 0 Å². The van der Waals surface area contributed by atoms with Gasteiger partial charge in [0.1, 0.15) is 0 Å². The highest BCUT2D eigenvalue weighted by Crippen LogP contribution is 2.21. The monoisotopic (exact) mass is 338 g/mol. The molecule has 6 nitrogen and oxygen atoms in total. The number of nitrogens with one attached hydrogen (secondary N) is 1. The van der Waals surface area contributed by atoms with Crippen LogP contribution in [0, 0.1) is 0 Å². The molecule has 3 amide bonds. The molecule has 0 aromatic heterocycles. The number of halogens is 1. The Labute approximate surface area is 141 Å². The summed E-state index contributed by atoms with van der Waals surface area (Å²) in [5.74, 6) is 0.176. The molecule has 1 saturated heterocycles. The maximum Gasteiger partial charge on any atom is 0.312 e. The summed E-state index contributed by atoms with van der Waals surface area (Å²) in [5.41, 5.74) is 6.08. The third kappa shape index (κ3) is 5.63. The van der Waals surface area contributed by atoms with Gasteiger partial charge in [0.15, 0.2) is 0 Å². The molecule has 2 rings (SSSR count). The van der Waals surface area contributed by atoms with Crippen LogP contribution in [0.15, 0.2) is 24.3 Å². The zero-order chi connectivity index (χ0) is 16.7. The summed E-state index contributed by atoms with van der Waals surface area (Å²) < 4.78 is 0. The minimum Gasteiger partial charge on any atom is -0.368 e. The molecule has 0 saturated carbocycles. The minimum atomic E-state index is -0.520. The summed E-state index contributed by atoms with van der Waals surface area (Å²) in [6.07, 6.45) is 2.03. The van der Waals surface area contributed by atoms with Gasteiger partial charge < -0.3 is 20.9 Å². The molecule has 1 fully saturated rings. The number of carbonyl (C=O) groups is 2. The van der Waals surface area contributed by atoms with Gasteiger partial charge in [-0.3, -0.25) is 4.79 Å². The summed E-state index contributed by atoms with van der Waals surface area (Å²) in [5, 5.41) is 3.25. The fourth-order valence-corrected chi connectivity index (χ4v) is 2.84. The van der Waals surface area contributed by atoms with Crippen LogP contribution in [0.1, 0.15) is 19.3 Å². The average molecular weight is 339 g/mol. The molecule has 126 valence electrons. The van der Waals surface area contributed by atoms with Gasteiger partial charge in [0.25, 0.3) is 0 Å². The summed E-state index contributed by atoms with van der Waals surface area (Å²) in [6, 6.07) is 7.26. The highest BCUT2D eigenvalue weighted by Gasteiger charge is 2.20. The Morgan fingerprint density at radius 1 is 1.17 bits per heavy atom. The Bertz CT molecular complexity index is 545. The lowest BCUT2D eigenvalue weighted by molar-refractivity contribution is -0.131. The van der Waals surface area contributed by atoms with Crippen molar-refractivity contribution in [2.24, 2.45) is 5.73 Å². The molecule has 1 heterocycles. The number of benzene rings is 1. The first-order valence-electron chi connectivity index (χ1n) is 7.88. The maximum absolute atomic E-state index is 12.2. The number of nitrogens with two attached hydrogens (primary N) is 1. The highest BCUT2D eigenvalue weighted by molar-refractivity contribution is 6.30. The molecular weight excluding hydrogens is 316 g/mol. The Hall–Kier alpha value is -1.95. The first-order chi connectivity index (χ1) is 11.1. The van der Waals surface area contributed by atoms with E-state index in [1.54, 1.807) is 0 Å². The molecule has 0 aliphatic carbocycles. The van der Waals surface area contributed by atoms with Crippen molar-refractivity contribution in [2.75, 3.05) is 37.6 Å². The summed E-state index contributed by atoms with van der Waals surface area (Å²) in [6.45, 7) is 3.60. The smallest absolute Gasteiger partial charge is 0.312 e. The van der Waals surface area contributed by atoms with Crippen molar-refractivity contribution in [1.82, 2.24) is 10.2 Å². The van der Waals surface area contributed by atoms with Crippen LogP contribution in [-0.4, -0.2) is 49.6 Å². The third-order valence-electron chi connectivity index (χ3n) is 3.92. The average Bonchev–Trinajstić information content (AvgIpc) is 2.54. The van der Waals surface area contributed by atoms with Crippen LogP contribution in [0.25, 0.3) is 0 Å². The fraction of sp³-hybridized carbons (Fsp3) is 0.500. The van der Waals surface area contributed by atoms with E-state index in [0.29, 0.717) is 13.0 Å². The van der Waals surface area contributed by atoms with E-state index in [9.17, 15) is 9.59 Å². The Kier molecular flexibility index (Phi) is 6.52. The third-order valence-corrected chi connectivity index (χ3v) is 4.16. The summed E-state index contributed by atoms with van der Waals surface area (Å²) >= 11 is 6.02. The van der Waals surface area contributed by atoms with E-state index in [4.69, 9.17) is 17.3 Å². The molecule has 1 aliphatic rings. The van der Waals surface area contributed by atoms with Crippen LogP contribution in [0.4, 0.5) is 10.5 Å². The topological polar surface area (TPSA) is 78.7 Å². The molecule has 1 aromatic carbocycles. The molecule has 1 aromatic rings. The van der Waals surface area contributed by atoms with E-state index >= 15 is 0 Å². The van der Waals surface area contributed by atoms with Crippen LogP contribution in [0.3, 0.4) is 0 Å². The number of urea groups is 1. The van der Waals surface area contributed by atoms with Crippen LogP contribution in [0.5, 0.6) is 0 Å². The first kappa shape index (κ1) is 17.4. The lowest BCUT2D eigenvalue weighted by Crippen LogP contribution is -2.48. The molecule has 0 spiro atoms. The van der Waals surface area contributed by atoms with E-state index in [0.717, 1.165) is 49.7 Å². The van der Waals surface area contributed by atoms with E-state index in [-0.39, 0.29) is 5.91 Å². The first-order valence-corrected chi connectivity index (χ1v) is 8.25. The Morgan fingerprint density at radius 3 is 2.57 bits per heavy atom. The zero-order valence-electron chi connectivity index (χ0n) is 13.1. The van der Waals surface area contributed by atoms with Gasteiger partial charge >= 0.3 is 6.03 Å². The number of nitrogens with zero attached hydrogens (tertiary/aromatic N) is 2. The van der Waals surface area contributed by atoms with Gasteiger partial charge in [-0.05, 0) is 31.0 Å². The second-order valence-electron chi connectivity index (χ2n) is 5.60. The van der Waals surface area contributed by atoms with Crippen molar-refractivity contribution in [2.45, 2.75) is 19.3 Å². The van der Waals surface area contributed by atoms with Gasteiger partial charge in [-0.25, -0.2) is 4.79 Å². The molecule has 0 bridgehead atoms. The molecule has 0 radical (unpaired) electrons. The van der Waals surface area contributed by atoms with Gasteiger partial charge in [0, 0.05) is 49.9 Å². The second kappa shape index (κ2) is 8.62. The number of primary amides is 1. The SMILES string of the molecule is NC(=O)NCCCCC(=O)N1CCN(c2cccc(Cl)c2)CC1. The molecule has 7 heteroatoms. The number of hydrogen-bond acceptors (Lipinski definition) is 3. The number of amides is 3. The lowest BCUT2D eigenvalue weighted by Gasteiger charge is -2.36. The van der Waals surface area contributed by atoms with Crippen molar-refractivity contribution < 1.29 is 9.59 Å². The van der Waals surface area contributed by atoms with Gasteiger partial charge in [-0.15, -0.1) is 0 Å². The fourth-order valence-electron chi connectivity index (χ4n) is 2.66. The summed E-state index contributed by atoms with van der Waals surface area (Å²) in [4.78, 5) is 26.8. The number of piperazine rings is 1. The molecular formula is C16H23ClN4O2. The molecule has 0 unspecified atom stereocenters. The van der Waals surface area contributed by atoms with E-state index < -0.39 is 6.03 Å². The van der Waals surface area contributed by atoms with Crippen LogP contribution in [-0.2, 0) is 4.79 Å². The standard InChI is InChI=1S/C16H23ClN4O2/c17-13-4-3-5-14(12-13)20-8-10-21(11-9-20)15(22)6-1-2-7-19-16(18)23/h3-5,12H,1-2,6-11H2,(H3,18,19,23). The van der Waals surface area contributed by atoms with E-state index in [1.807, 2.05) is 29.2 Å². The Balaban J connectivity index is 1.69. The number of rotatable bonds is 6.